The highest BCUT2D eigenvalue weighted by atomic mass is 32.1. The van der Waals surface area contributed by atoms with Crippen LogP contribution in [0.2, 0.25) is 0 Å². The monoisotopic (exact) mass is 522 g/mol. The molecule has 7 nitrogen and oxygen atoms in total. The van der Waals surface area contributed by atoms with Crippen LogP contribution in [0.15, 0.2) is 47.5 Å². The summed E-state index contributed by atoms with van der Waals surface area (Å²) in [7, 11) is 0. The molecule has 1 atom stereocenters. The van der Waals surface area contributed by atoms with Gasteiger partial charge in [-0.05, 0) is 80.8 Å². The molecule has 3 aliphatic rings. The minimum Gasteiger partial charge on any atom is -0.366 e. The molecule has 0 amide bonds. The molecule has 2 fully saturated rings. The van der Waals surface area contributed by atoms with E-state index in [0.717, 1.165) is 57.7 Å². The smallest absolute Gasteiger partial charge is 0.267 e. The Hall–Kier alpha value is -3.54. The number of anilines is 1. The molecular weight excluding hydrogens is 492 g/mol. The molecule has 1 spiro atoms. The van der Waals surface area contributed by atoms with E-state index in [9.17, 15) is 10.1 Å². The zero-order valence-corrected chi connectivity index (χ0v) is 22.4. The number of fused-ring (bicyclic) bond motifs is 2. The van der Waals surface area contributed by atoms with E-state index in [0.29, 0.717) is 23.7 Å². The summed E-state index contributed by atoms with van der Waals surface area (Å²) in [5.41, 5.74) is 7.52. The predicted molar refractivity (Wildman–Crippen MR) is 151 cm³/mol. The second kappa shape index (κ2) is 9.04. The molecule has 1 saturated carbocycles. The van der Waals surface area contributed by atoms with Gasteiger partial charge in [0.1, 0.15) is 0 Å². The van der Waals surface area contributed by atoms with Crippen molar-refractivity contribution >= 4 is 27.2 Å². The number of nitrogens with zero attached hydrogens (tertiary/aromatic N) is 5. The molecule has 3 aromatic heterocycles. The Morgan fingerprint density at radius 1 is 1.21 bits per heavy atom. The predicted octanol–water partition coefficient (Wildman–Crippen LogP) is 4.79. The summed E-state index contributed by atoms with van der Waals surface area (Å²) < 4.78 is 2.59. The van der Waals surface area contributed by atoms with E-state index in [4.69, 9.17) is 0 Å². The zero-order chi connectivity index (χ0) is 25.9. The molecule has 38 heavy (non-hydrogen) atoms. The standard InChI is InChI=1S/C30H30N6OS/c1-19-10-27(37)36(34-16-19)18-23-13-26-29(38-23)24(5-8-32-26)25-12-20(15-31)11-21-4-2-9-35(28(21)25)22-14-30(33-17-22)6-3-7-30/h5,8,10-13,16,22,33H,2-4,6-7,9,14,17-18H2,1H3/t22-/m0/s1. The van der Waals surface area contributed by atoms with Crippen molar-refractivity contribution in [3.8, 4) is 17.2 Å². The number of aryl methyl sites for hydroxylation is 2. The molecule has 1 aromatic carbocycles. The van der Waals surface area contributed by atoms with Crippen LogP contribution in [0.1, 0.15) is 53.7 Å². The highest BCUT2D eigenvalue weighted by Crippen LogP contribution is 2.46. The van der Waals surface area contributed by atoms with Crippen LogP contribution >= 0.6 is 11.3 Å². The lowest BCUT2D eigenvalue weighted by atomic mass is 9.75. The van der Waals surface area contributed by atoms with Gasteiger partial charge in [0.15, 0.2) is 0 Å². The van der Waals surface area contributed by atoms with Crippen LogP contribution in [0.5, 0.6) is 0 Å². The first-order chi connectivity index (χ1) is 18.5. The van der Waals surface area contributed by atoms with Crippen LogP contribution in [-0.4, -0.2) is 39.4 Å². The number of thiophene rings is 1. The lowest BCUT2D eigenvalue weighted by molar-refractivity contribution is 0.214. The molecule has 2 aliphatic heterocycles. The third kappa shape index (κ3) is 3.93. The normalized spacial score (nSPS) is 19.9. The molecule has 1 saturated heterocycles. The molecular formula is C30H30N6OS. The molecule has 1 N–H and O–H groups in total. The van der Waals surface area contributed by atoms with Crippen molar-refractivity contribution < 1.29 is 0 Å². The van der Waals surface area contributed by atoms with Crippen molar-refractivity contribution in [2.75, 3.05) is 18.0 Å². The topological polar surface area (TPSA) is 86.8 Å². The van der Waals surface area contributed by atoms with Crippen LogP contribution in [0.4, 0.5) is 5.69 Å². The van der Waals surface area contributed by atoms with Crippen molar-refractivity contribution in [2.24, 2.45) is 0 Å². The van der Waals surface area contributed by atoms with Gasteiger partial charge in [-0.15, -0.1) is 11.3 Å². The molecule has 192 valence electrons. The summed E-state index contributed by atoms with van der Waals surface area (Å²) in [6, 6.07) is 12.8. The average molecular weight is 523 g/mol. The van der Waals surface area contributed by atoms with Gasteiger partial charge < -0.3 is 10.2 Å². The number of rotatable bonds is 4. The van der Waals surface area contributed by atoms with Crippen LogP contribution in [0.25, 0.3) is 21.3 Å². The van der Waals surface area contributed by atoms with Gasteiger partial charge in [0.05, 0.1) is 34.6 Å². The van der Waals surface area contributed by atoms with Crippen molar-refractivity contribution in [3.05, 3.63) is 74.6 Å². The summed E-state index contributed by atoms with van der Waals surface area (Å²) in [5.74, 6) is 0. The molecule has 0 radical (unpaired) electrons. The first-order valence-corrected chi connectivity index (χ1v) is 14.3. The Bertz CT molecular complexity index is 1660. The minimum atomic E-state index is -0.100. The van der Waals surface area contributed by atoms with Gasteiger partial charge in [0.25, 0.3) is 5.56 Å². The Labute approximate surface area is 225 Å². The fourth-order valence-electron chi connectivity index (χ4n) is 6.61. The van der Waals surface area contributed by atoms with E-state index in [1.165, 1.54) is 41.6 Å². The third-order valence-electron chi connectivity index (χ3n) is 8.61. The zero-order valence-electron chi connectivity index (χ0n) is 21.5. The Morgan fingerprint density at radius 3 is 2.87 bits per heavy atom. The van der Waals surface area contributed by atoms with Gasteiger partial charge in [-0.3, -0.25) is 9.78 Å². The number of aromatic nitrogens is 3. The highest BCUT2D eigenvalue weighted by molar-refractivity contribution is 7.19. The molecule has 0 unspecified atom stereocenters. The summed E-state index contributed by atoms with van der Waals surface area (Å²) in [4.78, 5) is 20.8. The first kappa shape index (κ1) is 23.6. The van der Waals surface area contributed by atoms with E-state index < -0.39 is 0 Å². The van der Waals surface area contributed by atoms with Crippen LogP contribution < -0.4 is 15.8 Å². The van der Waals surface area contributed by atoms with Crippen molar-refractivity contribution in [3.63, 3.8) is 0 Å². The van der Waals surface area contributed by atoms with E-state index in [-0.39, 0.29) is 5.56 Å². The SMILES string of the molecule is Cc1cnn(Cc2cc3nccc(-c4cc(C#N)cc5c4N([C@@H]4CNC6(CCC6)C4)CCC5)c3s2)c(=O)c1. The van der Waals surface area contributed by atoms with E-state index in [1.54, 1.807) is 23.6 Å². The van der Waals surface area contributed by atoms with Gasteiger partial charge in [-0.1, -0.05) is 0 Å². The maximum atomic E-state index is 12.5. The van der Waals surface area contributed by atoms with Gasteiger partial charge in [0.2, 0.25) is 0 Å². The number of pyridine rings is 1. The largest absolute Gasteiger partial charge is 0.366 e. The van der Waals surface area contributed by atoms with Crippen LogP contribution in [-0.2, 0) is 13.0 Å². The van der Waals surface area contributed by atoms with Gasteiger partial charge >= 0.3 is 0 Å². The van der Waals surface area contributed by atoms with E-state index in [1.807, 2.05) is 13.1 Å². The maximum Gasteiger partial charge on any atom is 0.267 e. The number of nitrogens with one attached hydrogen (secondary N) is 1. The molecule has 4 aromatic rings. The van der Waals surface area contributed by atoms with E-state index in [2.05, 4.69) is 50.6 Å². The number of hydrogen-bond acceptors (Lipinski definition) is 7. The highest BCUT2D eigenvalue weighted by Gasteiger charge is 2.45. The molecule has 1 aliphatic carbocycles. The van der Waals surface area contributed by atoms with Crippen molar-refractivity contribution in [1.82, 2.24) is 20.1 Å². The summed E-state index contributed by atoms with van der Waals surface area (Å²) in [6.45, 7) is 4.35. The lowest BCUT2D eigenvalue weighted by Gasteiger charge is -2.41. The van der Waals surface area contributed by atoms with Crippen LogP contribution in [0, 0.1) is 18.3 Å². The van der Waals surface area contributed by atoms with Crippen molar-refractivity contribution in [1.29, 1.82) is 5.26 Å². The fraction of sp³-hybridized carbons (Fsp3) is 0.400. The summed E-state index contributed by atoms with van der Waals surface area (Å²) in [5, 5.41) is 18.1. The van der Waals surface area contributed by atoms with Gasteiger partial charge in [-0.2, -0.15) is 10.4 Å². The Morgan fingerprint density at radius 2 is 2.11 bits per heavy atom. The molecule has 7 rings (SSSR count). The molecule has 5 heterocycles. The average Bonchev–Trinajstić information content (AvgIpc) is 3.54. The Balaban J connectivity index is 1.33. The number of nitriles is 1. The molecule has 0 bridgehead atoms. The maximum absolute atomic E-state index is 12.5. The third-order valence-corrected chi connectivity index (χ3v) is 9.75. The summed E-state index contributed by atoms with van der Waals surface area (Å²) in [6.07, 6.45) is 10.8. The lowest BCUT2D eigenvalue weighted by Crippen LogP contribution is -2.46. The first-order valence-electron chi connectivity index (χ1n) is 13.5. The van der Waals surface area contributed by atoms with E-state index >= 15 is 0 Å². The van der Waals surface area contributed by atoms with Crippen LogP contribution in [0.3, 0.4) is 0 Å². The minimum absolute atomic E-state index is 0.100. The fourth-order valence-corrected chi connectivity index (χ4v) is 7.74. The quantitative estimate of drug-likeness (QED) is 0.415. The second-order valence-electron chi connectivity index (χ2n) is 11.1. The summed E-state index contributed by atoms with van der Waals surface area (Å²) >= 11 is 1.66. The Kier molecular flexibility index (Phi) is 5.60. The van der Waals surface area contributed by atoms with Crippen molar-refractivity contribution in [2.45, 2.75) is 63.6 Å². The van der Waals surface area contributed by atoms with Gasteiger partial charge in [0, 0.05) is 58.6 Å². The molecule has 8 heteroatoms. The van der Waals surface area contributed by atoms with Gasteiger partial charge in [-0.25, -0.2) is 4.68 Å². The number of benzene rings is 1. The second-order valence-corrected chi connectivity index (χ2v) is 12.3. The number of hydrogen-bond donors (Lipinski definition) is 1.